The average molecular weight is 348 g/mol. The van der Waals surface area contributed by atoms with E-state index in [1.165, 1.54) is 10.5 Å². The molecule has 0 aromatic carbocycles. The Morgan fingerprint density at radius 1 is 1.52 bits per heavy atom. The van der Waals surface area contributed by atoms with Crippen LogP contribution in [0, 0.1) is 11.3 Å². The van der Waals surface area contributed by atoms with Crippen molar-refractivity contribution >= 4 is 21.6 Å². The largest absolute Gasteiger partial charge is 0.313 e. The normalized spacial score (nSPS) is 19.5. The van der Waals surface area contributed by atoms with Gasteiger partial charge in [0.1, 0.15) is 11.7 Å². The minimum absolute atomic E-state index is 0.111. The highest BCUT2D eigenvalue weighted by molar-refractivity contribution is 9.10. The highest BCUT2D eigenvalue weighted by Crippen LogP contribution is 2.11. The number of rotatable bonds is 2. The van der Waals surface area contributed by atoms with E-state index in [9.17, 15) is 10.1 Å². The van der Waals surface area contributed by atoms with Gasteiger partial charge in [-0.2, -0.15) is 5.26 Å². The van der Waals surface area contributed by atoms with Crippen LogP contribution in [0.15, 0.2) is 33.7 Å². The predicted octanol–water partition coefficient (Wildman–Crippen LogP) is 0.754. The topological polar surface area (TPSA) is 73.4 Å². The number of fused-ring (bicyclic) bond motifs is 1. The zero-order chi connectivity index (χ0) is 14.8. The zero-order valence-corrected chi connectivity index (χ0v) is 12.9. The molecule has 0 amide bonds. The second kappa shape index (κ2) is 5.93. The van der Waals surface area contributed by atoms with E-state index < -0.39 is 0 Å². The van der Waals surface area contributed by atoms with E-state index in [2.05, 4.69) is 32.3 Å². The van der Waals surface area contributed by atoms with Crippen molar-refractivity contribution in [3.63, 3.8) is 0 Å². The van der Waals surface area contributed by atoms with Gasteiger partial charge in [0.15, 0.2) is 0 Å². The Bertz CT molecular complexity index is 766. The molecule has 21 heavy (non-hydrogen) atoms. The summed E-state index contributed by atoms with van der Waals surface area (Å²) in [5.74, 6) is 0. The van der Waals surface area contributed by atoms with Crippen molar-refractivity contribution in [1.29, 1.82) is 5.26 Å². The van der Waals surface area contributed by atoms with E-state index in [-0.39, 0.29) is 11.6 Å². The summed E-state index contributed by atoms with van der Waals surface area (Å²) in [6.45, 7) is 2.79. The van der Waals surface area contributed by atoms with Gasteiger partial charge in [0.2, 0.25) is 0 Å². The van der Waals surface area contributed by atoms with Gasteiger partial charge in [0, 0.05) is 42.9 Å². The Morgan fingerprint density at radius 3 is 3.19 bits per heavy atom. The van der Waals surface area contributed by atoms with Gasteiger partial charge in [-0.1, -0.05) is 0 Å². The molecule has 2 aromatic rings. The smallest absolute Gasteiger partial charge is 0.258 e. The molecule has 1 atom stereocenters. The molecule has 2 aromatic heterocycles. The molecule has 1 aliphatic heterocycles. The molecule has 0 aliphatic carbocycles. The molecule has 3 rings (SSSR count). The predicted molar refractivity (Wildman–Crippen MR) is 81.8 cm³/mol. The molecule has 1 N–H and O–H groups in total. The van der Waals surface area contributed by atoms with Crippen molar-refractivity contribution < 1.29 is 0 Å². The van der Waals surface area contributed by atoms with Gasteiger partial charge in [-0.3, -0.25) is 14.1 Å². The first-order valence-electron chi connectivity index (χ1n) is 6.69. The molecule has 0 bridgehead atoms. The summed E-state index contributed by atoms with van der Waals surface area (Å²) in [6.07, 6.45) is 1.71. The number of nitrogens with one attached hydrogen (secondary N) is 1. The third-order valence-electron chi connectivity index (χ3n) is 3.54. The number of pyridine rings is 1. The first-order valence-corrected chi connectivity index (χ1v) is 7.49. The van der Waals surface area contributed by atoms with Crippen LogP contribution in [-0.2, 0) is 6.54 Å². The number of aromatic nitrogens is 2. The molecular weight excluding hydrogens is 334 g/mol. The summed E-state index contributed by atoms with van der Waals surface area (Å²) in [7, 11) is 0. The van der Waals surface area contributed by atoms with Crippen LogP contribution in [0.4, 0.5) is 0 Å². The Balaban J connectivity index is 1.92. The van der Waals surface area contributed by atoms with Crippen molar-refractivity contribution in [2.24, 2.45) is 0 Å². The summed E-state index contributed by atoms with van der Waals surface area (Å²) in [5, 5.41) is 12.4. The third-order valence-corrected chi connectivity index (χ3v) is 4.01. The van der Waals surface area contributed by atoms with Gasteiger partial charge >= 0.3 is 0 Å². The molecule has 1 fully saturated rings. The molecule has 0 radical (unpaired) electrons. The molecule has 1 saturated heterocycles. The first kappa shape index (κ1) is 14.2. The fraction of sp³-hybridized carbons (Fsp3) is 0.357. The van der Waals surface area contributed by atoms with E-state index in [0.29, 0.717) is 24.4 Å². The Morgan fingerprint density at radius 2 is 2.38 bits per heavy atom. The fourth-order valence-electron chi connectivity index (χ4n) is 2.48. The summed E-state index contributed by atoms with van der Waals surface area (Å²) < 4.78 is 2.34. The van der Waals surface area contributed by atoms with Crippen LogP contribution < -0.4 is 10.9 Å². The van der Waals surface area contributed by atoms with Crippen LogP contribution >= 0.6 is 15.9 Å². The lowest BCUT2D eigenvalue weighted by molar-refractivity contribution is 0.187. The van der Waals surface area contributed by atoms with Crippen molar-refractivity contribution in [1.82, 2.24) is 19.6 Å². The molecule has 1 aliphatic rings. The van der Waals surface area contributed by atoms with E-state index in [1.807, 2.05) is 11.0 Å². The lowest BCUT2D eigenvalue weighted by Gasteiger charge is -2.31. The van der Waals surface area contributed by atoms with Gasteiger partial charge in [-0.05, 0) is 28.1 Å². The van der Waals surface area contributed by atoms with Crippen molar-refractivity contribution in [3.8, 4) is 6.07 Å². The molecule has 108 valence electrons. The molecule has 6 nitrogen and oxygen atoms in total. The van der Waals surface area contributed by atoms with E-state index >= 15 is 0 Å². The van der Waals surface area contributed by atoms with Gasteiger partial charge < -0.3 is 5.32 Å². The second-order valence-corrected chi connectivity index (χ2v) is 5.90. The summed E-state index contributed by atoms with van der Waals surface area (Å²) >= 11 is 3.34. The molecule has 0 saturated carbocycles. The van der Waals surface area contributed by atoms with Crippen LogP contribution in [-0.4, -0.2) is 40.0 Å². The molecule has 1 unspecified atom stereocenters. The number of nitrogens with zero attached hydrogens (tertiary/aromatic N) is 4. The maximum atomic E-state index is 12.2. The quantitative estimate of drug-likeness (QED) is 0.867. The van der Waals surface area contributed by atoms with Crippen LogP contribution in [0.3, 0.4) is 0 Å². The zero-order valence-electron chi connectivity index (χ0n) is 11.3. The minimum atomic E-state index is -0.177. The Labute approximate surface area is 130 Å². The standard InChI is InChI=1S/C14H14BrN5O/c15-10-1-2-13-18-11(5-14(21)20(13)8-10)9-19-4-3-17-7-12(19)6-16/h1-2,5,8,12,17H,3-4,7,9H2. The highest BCUT2D eigenvalue weighted by Gasteiger charge is 2.22. The monoisotopic (exact) mass is 347 g/mol. The average Bonchev–Trinajstić information content (AvgIpc) is 2.49. The first-order chi connectivity index (χ1) is 10.2. The number of nitriles is 1. The Hall–Kier alpha value is -1.75. The molecule has 3 heterocycles. The molecule has 7 heteroatoms. The van der Waals surface area contributed by atoms with Crippen LogP contribution in [0.25, 0.3) is 5.65 Å². The van der Waals surface area contributed by atoms with Gasteiger partial charge in [0.25, 0.3) is 5.56 Å². The van der Waals surface area contributed by atoms with Gasteiger partial charge in [-0.15, -0.1) is 0 Å². The van der Waals surface area contributed by atoms with Crippen LogP contribution in [0.1, 0.15) is 5.69 Å². The number of halogens is 1. The van der Waals surface area contributed by atoms with Crippen molar-refractivity contribution in [2.45, 2.75) is 12.6 Å². The van der Waals surface area contributed by atoms with Crippen LogP contribution in [0.2, 0.25) is 0 Å². The third kappa shape index (κ3) is 2.97. The summed E-state index contributed by atoms with van der Waals surface area (Å²) in [5.41, 5.74) is 1.20. The number of hydrogen-bond acceptors (Lipinski definition) is 5. The van der Waals surface area contributed by atoms with Gasteiger partial charge in [0.05, 0.1) is 11.8 Å². The SMILES string of the molecule is N#CC1CNCCN1Cc1cc(=O)n2cc(Br)ccc2n1. The maximum Gasteiger partial charge on any atom is 0.258 e. The minimum Gasteiger partial charge on any atom is -0.313 e. The van der Waals surface area contributed by atoms with Crippen molar-refractivity contribution in [3.05, 3.63) is 44.9 Å². The maximum absolute atomic E-state index is 12.2. The lowest BCUT2D eigenvalue weighted by Crippen LogP contribution is -2.50. The van der Waals surface area contributed by atoms with E-state index in [0.717, 1.165) is 17.6 Å². The second-order valence-electron chi connectivity index (χ2n) is 4.98. The molecule has 0 spiro atoms. The van der Waals surface area contributed by atoms with Crippen molar-refractivity contribution in [2.75, 3.05) is 19.6 Å². The van der Waals surface area contributed by atoms with Crippen LogP contribution in [0.5, 0.6) is 0 Å². The van der Waals surface area contributed by atoms with E-state index in [4.69, 9.17) is 0 Å². The van der Waals surface area contributed by atoms with Gasteiger partial charge in [-0.25, -0.2) is 4.98 Å². The lowest BCUT2D eigenvalue weighted by atomic mass is 10.2. The summed E-state index contributed by atoms with van der Waals surface area (Å²) in [4.78, 5) is 18.7. The highest BCUT2D eigenvalue weighted by atomic mass is 79.9. The fourth-order valence-corrected chi connectivity index (χ4v) is 2.82. The molecular formula is C14H14BrN5O. The summed E-state index contributed by atoms with van der Waals surface area (Å²) in [6, 6.07) is 7.30. The van der Waals surface area contributed by atoms with E-state index in [1.54, 1.807) is 12.3 Å². The number of hydrogen-bond donors (Lipinski definition) is 1. The Kier molecular flexibility index (Phi) is 4.01. The number of piperazine rings is 1.